The van der Waals surface area contributed by atoms with Crippen LogP contribution in [0.3, 0.4) is 0 Å². The van der Waals surface area contributed by atoms with Crippen LogP contribution in [0.5, 0.6) is 11.5 Å². The minimum absolute atomic E-state index is 0.290. The zero-order valence-electron chi connectivity index (χ0n) is 11.2. The summed E-state index contributed by atoms with van der Waals surface area (Å²) in [5.74, 6) is 3.82. The van der Waals surface area contributed by atoms with E-state index < -0.39 is 5.60 Å². The van der Waals surface area contributed by atoms with Gasteiger partial charge >= 0.3 is 0 Å². The lowest BCUT2D eigenvalue weighted by molar-refractivity contribution is 0.150. The summed E-state index contributed by atoms with van der Waals surface area (Å²) in [5, 5.41) is 10.0. The second-order valence-corrected chi connectivity index (χ2v) is 6.64. The number of aliphatic hydroxyl groups is 1. The van der Waals surface area contributed by atoms with Gasteiger partial charge in [0.2, 0.25) is 0 Å². The van der Waals surface area contributed by atoms with Gasteiger partial charge < -0.3 is 14.6 Å². The summed E-state index contributed by atoms with van der Waals surface area (Å²) in [4.78, 5) is 0. The van der Waals surface area contributed by atoms with E-state index in [-0.39, 0.29) is 6.10 Å². The Bertz CT molecular complexity index is 451. The van der Waals surface area contributed by atoms with E-state index >= 15 is 0 Å². The van der Waals surface area contributed by atoms with Crippen molar-refractivity contribution in [3.8, 4) is 11.5 Å². The molecule has 3 rings (SSSR count). The van der Waals surface area contributed by atoms with Gasteiger partial charge in [0.1, 0.15) is 6.10 Å². The maximum absolute atomic E-state index is 10.0. The van der Waals surface area contributed by atoms with Crippen molar-refractivity contribution in [2.24, 2.45) is 0 Å². The van der Waals surface area contributed by atoms with Crippen LogP contribution in [0.25, 0.3) is 0 Å². The molecule has 4 heteroatoms. The molecule has 1 aromatic rings. The van der Waals surface area contributed by atoms with Gasteiger partial charge in [0.05, 0.1) is 12.7 Å². The molecule has 3 nitrogen and oxygen atoms in total. The fraction of sp³-hybridized carbons (Fsp3) is 0.600. The number of hydrogen-bond donors (Lipinski definition) is 1. The second-order valence-electron chi connectivity index (χ2n) is 5.49. The highest BCUT2D eigenvalue weighted by atomic mass is 32.2. The minimum atomic E-state index is -0.463. The van der Waals surface area contributed by atoms with E-state index in [2.05, 4.69) is 0 Å². The van der Waals surface area contributed by atoms with Crippen molar-refractivity contribution in [2.75, 3.05) is 18.6 Å². The molecule has 1 atom stereocenters. The van der Waals surface area contributed by atoms with Crippen LogP contribution in [0.1, 0.15) is 24.8 Å². The molecule has 1 saturated carbocycles. The van der Waals surface area contributed by atoms with Crippen molar-refractivity contribution in [1.82, 2.24) is 0 Å². The van der Waals surface area contributed by atoms with Crippen LogP contribution in [0, 0.1) is 0 Å². The van der Waals surface area contributed by atoms with Crippen LogP contribution in [-0.4, -0.2) is 35.4 Å². The lowest BCUT2D eigenvalue weighted by atomic mass is 10.1. The van der Waals surface area contributed by atoms with Crippen LogP contribution >= 0.6 is 11.8 Å². The molecule has 2 fully saturated rings. The molecule has 1 heterocycles. The third-order valence-corrected chi connectivity index (χ3v) is 4.90. The van der Waals surface area contributed by atoms with Gasteiger partial charge in [-0.05, 0) is 42.7 Å². The third kappa shape index (κ3) is 3.18. The molecule has 1 unspecified atom stereocenters. The van der Waals surface area contributed by atoms with E-state index in [4.69, 9.17) is 9.47 Å². The monoisotopic (exact) mass is 280 g/mol. The normalized spacial score (nSPS) is 24.2. The Morgan fingerprint density at radius 3 is 2.84 bits per heavy atom. The summed E-state index contributed by atoms with van der Waals surface area (Å²) in [6.45, 7) is 0. The molecule has 0 aromatic heterocycles. The van der Waals surface area contributed by atoms with Crippen molar-refractivity contribution < 1.29 is 14.6 Å². The highest BCUT2D eigenvalue weighted by molar-refractivity contribution is 7.99. The molecule has 104 valence electrons. The number of thioether (sulfide) groups is 1. The highest BCUT2D eigenvalue weighted by Gasteiger charge is 2.40. The van der Waals surface area contributed by atoms with Gasteiger partial charge in [0, 0.05) is 12.2 Å². The molecule has 1 saturated heterocycles. The van der Waals surface area contributed by atoms with Gasteiger partial charge in [-0.15, -0.1) is 0 Å². The standard InChI is InChI=1S/C15H20O3S/c1-17-13-3-2-11(9-15(16)5-6-15)8-14(13)18-12-4-7-19-10-12/h2-3,8,12,16H,4-7,9-10H2,1H3. The highest BCUT2D eigenvalue weighted by Crippen LogP contribution is 2.40. The number of rotatable bonds is 5. The molecule has 0 amide bonds. The van der Waals surface area contributed by atoms with Gasteiger partial charge in [0.25, 0.3) is 0 Å². The third-order valence-electron chi connectivity index (χ3n) is 3.77. The Hall–Kier alpha value is -0.870. The van der Waals surface area contributed by atoms with E-state index in [0.29, 0.717) is 6.42 Å². The van der Waals surface area contributed by atoms with E-state index in [1.165, 1.54) is 5.75 Å². The van der Waals surface area contributed by atoms with Gasteiger partial charge in [0.15, 0.2) is 11.5 Å². The molecule has 1 aliphatic heterocycles. The van der Waals surface area contributed by atoms with Crippen molar-refractivity contribution in [1.29, 1.82) is 0 Å². The molecule has 1 N–H and O–H groups in total. The van der Waals surface area contributed by atoms with Crippen LogP contribution in [0.2, 0.25) is 0 Å². The van der Waals surface area contributed by atoms with Gasteiger partial charge in [-0.2, -0.15) is 11.8 Å². The van der Waals surface area contributed by atoms with Gasteiger partial charge in [-0.25, -0.2) is 0 Å². The summed E-state index contributed by atoms with van der Waals surface area (Å²) in [7, 11) is 1.67. The second kappa shape index (κ2) is 5.25. The van der Waals surface area contributed by atoms with Gasteiger partial charge in [-0.1, -0.05) is 6.07 Å². The average Bonchev–Trinajstić information content (AvgIpc) is 2.91. The number of ether oxygens (including phenoxy) is 2. The molecule has 1 aliphatic carbocycles. The lowest BCUT2D eigenvalue weighted by Gasteiger charge is -2.17. The quantitative estimate of drug-likeness (QED) is 0.900. The SMILES string of the molecule is COc1ccc(CC2(O)CC2)cc1OC1CCSC1. The molecule has 0 spiro atoms. The van der Waals surface area contributed by atoms with Crippen LogP contribution in [0.15, 0.2) is 18.2 Å². The molecule has 0 bridgehead atoms. The molecular formula is C15H20O3S. The van der Waals surface area contributed by atoms with Crippen molar-refractivity contribution in [2.45, 2.75) is 37.4 Å². The predicted molar refractivity (Wildman–Crippen MR) is 77.2 cm³/mol. The smallest absolute Gasteiger partial charge is 0.161 e. The summed E-state index contributed by atoms with van der Waals surface area (Å²) in [6.07, 6.45) is 3.93. The molecule has 2 aliphatic rings. The Labute approximate surface area is 118 Å². The fourth-order valence-corrected chi connectivity index (χ4v) is 3.50. The average molecular weight is 280 g/mol. The van der Waals surface area contributed by atoms with E-state index in [1.54, 1.807) is 7.11 Å². The summed E-state index contributed by atoms with van der Waals surface area (Å²) < 4.78 is 11.4. The zero-order chi connectivity index (χ0) is 13.3. The van der Waals surface area contributed by atoms with Crippen molar-refractivity contribution in [3.63, 3.8) is 0 Å². The first-order valence-electron chi connectivity index (χ1n) is 6.82. The maximum atomic E-state index is 10.0. The van der Waals surface area contributed by atoms with Gasteiger partial charge in [-0.3, -0.25) is 0 Å². The number of methoxy groups -OCH3 is 1. The first-order valence-corrected chi connectivity index (χ1v) is 7.98. The molecule has 19 heavy (non-hydrogen) atoms. The van der Waals surface area contributed by atoms with E-state index in [9.17, 15) is 5.11 Å². The topological polar surface area (TPSA) is 38.7 Å². The summed E-state index contributed by atoms with van der Waals surface area (Å²) >= 11 is 1.93. The van der Waals surface area contributed by atoms with Crippen molar-refractivity contribution >= 4 is 11.8 Å². The first-order chi connectivity index (χ1) is 9.18. The maximum Gasteiger partial charge on any atom is 0.161 e. The van der Waals surface area contributed by atoms with E-state index in [0.717, 1.165) is 42.1 Å². The minimum Gasteiger partial charge on any atom is -0.493 e. The summed E-state index contributed by atoms with van der Waals surface area (Å²) in [5.41, 5.74) is 0.663. The predicted octanol–water partition coefficient (Wildman–Crippen LogP) is 2.65. The first kappa shape index (κ1) is 13.1. The Kier molecular flexibility index (Phi) is 3.63. The fourth-order valence-electron chi connectivity index (χ4n) is 2.41. The lowest BCUT2D eigenvalue weighted by Crippen LogP contribution is -2.16. The Balaban J connectivity index is 1.76. The molecular weight excluding hydrogens is 260 g/mol. The summed E-state index contributed by atoms with van der Waals surface area (Å²) in [6, 6.07) is 5.99. The van der Waals surface area contributed by atoms with Crippen LogP contribution in [0.4, 0.5) is 0 Å². The van der Waals surface area contributed by atoms with Crippen LogP contribution in [-0.2, 0) is 6.42 Å². The van der Waals surface area contributed by atoms with E-state index in [1.807, 2.05) is 30.0 Å². The Morgan fingerprint density at radius 1 is 1.37 bits per heavy atom. The van der Waals surface area contributed by atoms with Crippen molar-refractivity contribution in [3.05, 3.63) is 23.8 Å². The number of benzene rings is 1. The molecule has 0 radical (unpaired) electrons. The zero-order valence-corrected chi connectivity index (χ0v) is 12.0. The largest absolute Gasteiger partial charge is 0.493 e. The number of hydrogen-bond acceptors (Lipinski definition) is 4. The molecule has 1 aromatic carbocycles. The van der Waals surface area contributed by atoms with Crippen LogP contribution < -0.4 is 9.47 Å². The Morgan fingerprint density at radius 2 is 2.21 bits per heavy atom.